The molecule has 2 rings (SSSR count). The summed E-state index contributed by atoms with van der Waals surface area (Å²) in [5, 5.41) is 11.5. The molecule has 0 unspecified atom stereocenters. The molecule has 0 atom stereocenters. The number of rotatable bonds is 7. The number of nitrogens with zero attached hydrogens (tertiary/aromatic N) is 1. The number of carbonyl (C=O) groups excluding carboxylic acids is 1. The van der Waals surface area contributed by atoms with E-state index in [1.165, 1.54) is 0 Å². The van der Waals surface area contributed by atoms with Gasteiger partial charge in [0.2, 0.25) is 10.0 Å². The number of nitrogens with one attached hydrogen (secondary N) is 2. The van der Waals surface area contributed by atoms with E-state index in [0.29, 0.717) is 38.2 Å². The highest BCUT2D eigenvalue weighted by molar-refractivity contribution is 7.92. The third-order valence-corrected chi connectivity index (χ3v) is 5.36. The average Bonchev–Trinajstić information content (AvgIpc) is 3.01. The van der Waals surface area contributed by atoms with Gasteiger partial charge in [-0.1, -0.05) is 12.8 Å². The summed E-state index contributed by atoms with van der Waals surface area (Å²) in [5.41, 5.74) is -2.23. The number of halogens is 3. The maximum Gasteiger partial charge on any atom is 0.416 e. The third-order valence-electron chi connectivity index (χ3n) is 4.77. The van der Waals surface area contributed by atoms with E-state index in [4.69, 9.17) is 5.26 Å². The minimum Gasteiger partial charge on any atom is -0.347 e. The Kier molecular flexibility index (Phi) is 6.59. The summed E-state index contributed by atoms with van der Waals surface area (Å²) < 4.78 is 64.4. The smallest absolute Gasteiger partial charge is 0.347 e. The van der Waals surface area contributed by atoms with Crippen molar-refractivity contribution in [3.05, 3.63) is 29.3 Å². The van der Waals surface area contributed by atoms with Crippen molar-refractivity contribution in [3.63, 3.8) is 0 Å². The molecule has 2 N–H and O–H groups in total. The van der Waals surface area contributed by atoms with Crippen molar-refractivity contribution < 1.29 is 26.4 Å². The van der Waals surface area contributed by atoms with Crippen LogP contribution in [0, 0.1) is 11.3 Å². The molecule has 1 amide bonds. The topological polar surface area (TPSA) is 99.1 Å². The summed E-state index contributed by atoms with van der Waals surface area (Å²) in [6.07, 6.45) is 0.669. The molecule has 1 aromatic rings. The standard InChI is InChI=1S/C18H22F3N3O3S/c1-28(26,27)24-15-7-6-13(18(19,20)21)12-14(15)16(25)23-17(8-2-3-9-17)10-4-5-11-22/h6-7,12,24H,2-5,8-10H2,1H3,(H,23,25). The van der Waals surface area contributed by atoms with E-state index >= 15 is 0 Å². The summed E-state index contributed by atoms with van der Waals surface area (Å²) in [6, 6.07) is 4.36. The monoisotopic (exact) mass is 417 g/mol. The summed E-state index contributed by atoms with van der Waals surface area (Å²) in [6.45, 7) is 0. The molecule has 6 nitrogen and oxygen atoms in total. The quantitative estimate of drug-likeness (QED) is 0.659. The van der Waals surface area contributed by atoms with Gasteiger partial charge in [0.25, 0.3) is 5.91 Å². The largest absolute Gasteiger partial charge is 0.416 e. The fraction of sp³-hybridized carbons (Fsp3) is 0.556. The fourth-order valence-electron chi connectivity index (χ4n) is 3.50. The van der Waals surface area contributed by atoms with Gasteiger partial charge in [-0.15, -0.1) is 0 Å². The van der Waals surface area contributed by atoms with Crippen molar-refractivity contribution >= 4 is 21.6 Å². The van der Waals surface area contributed by atoms with Crippen molar-refractivity contribution in [2.75, 3.05) is 11.0 Å². The van der Waals surface area contributed by atoms with Gasteiger partial charge in [0.05, 0.1) is 29.1 Å². The second kappa shape index (κ2) is 8.39. The molecular weight excluding hydrogens is 395 g/mol. The molecule has 0 spiro atoms. The Morgan fingerprint density at radius 1 is 1.29 bits per heavy atom. The lowest BCUT2D eigenvalue weighted by atomic mass is 9.90. The van der Waals surface area contributed by atoms with Crippen LogP contribution in [0.1, 0.15) is 60.9 Å². The SMILES string of the molecule is CS(=O)(=O)Nc1ccc(C(F)(F)F)cc1C(=O)NC1(CCCC#N)CCCC1. The van der Waals surface area contributed by atoms with Crippen LogP contribution in [0.15, 0.2) is 18.2 Å². The minimum atomic E-state index is -4.67. The van der Waals surface area contributed by atoms with E-state index < -0.39 is 33.2 Å². The second-order valence-electron chi connectivity index (χ2n) is 7.09. The summed E-state index contributed by atoms with van der Waals surface area (Å²) in [5.74, 6) is -0.767. The van der Waals surface area contributed by atoms with E-state index in [1.807, 2.05) is 6.07 Å². The summed E-state index contributed by atoms with van der Waals surface area (Å²) in [7, 11) is -3.79. The van der Waals surface area contributed by atoms with Gasteiger partial charge in [0.15, 0.2) is 0 Å². The number of unbranched alkanes of at least 4 members (excludes halogenated alkanes) is 1. The molecule has 0 radical (unpaired) electrons. The van der Waals surface area contributed by atoms with Crippen LogP contribution in [-0.4, -0.2) is 26.1 Å². The lowest BCUT2D eigenvalue weighted by molar-refractivity contribution is -0.137. The fourth-order valence-corrected chi connectivity index (χ4v) is 4.08. The van der Waals surface area contributed by atoms with Crippen LogP contribution in [-0.2, 0) is 16.2 Å². The number of nitriles is 1. The van der Waals surface area contributed by atoms with Crippen molar-refractivity contribution in [3.8, 4) is 6.07 Å². The maximum absolute atomic E-state index is 13.1. The molecule has 154 valence electrons. The predicted octanol–water partition coefficient (Wildman–Crippen LogP) is 3.81. The Hall–Kier alpha value is -2.28. The molecule has 1 aliphatic carbocycles. The minimum absolute atomic E-state index is 0.210. The van der Waals surface area contributed by atoms with Crippen LogP contribution < -0.4 is 10.0 Å². The molecular formula is C18H22F3N3O3S. The lowest BCUT2D eigenvalue weighted by Gasteiger charge is -2.31. The number of anilines is 1. The van der Waals surface area contributed by atoms with Crippen LogP contribution in [0.3, 0.4) is 0 Å². The number of hydrogen-bond donors (Lipinski definition) is 2. The van der Waals surface area contributed by atoms with Gasteiger partial charge in [-0.2, -0.15) is 18.4 Å². The number of amides is 1. The van der Waals surface area contributed by atoms with Gasteiger partial charge >= 0.3 is 6.18 Å². The first-order valence-electron chi connectivity index (χ1n) is 8.84. The molecule has 10 heteroatoms. The van der Waals surface area contributed by atoms with Gasteiger partial charge in [0.1, 0.15) is 0 Å². The predicted molar refractivity (Wildman–Crippen MR) is 98.0 cm³/mol. The van der Waals surface area contributed by atoms with Crippen LogP contribution in [0.2, 0.25) is 0 Å². The molecule has 0 heterocycles. The zero-order valence-electron chi connectivity index (χ0n) is 15.4. The number of benzene rings is 1. The first-order chi connectivity index (χ1) is 13.0. The van der Waals surface area contributed by atoms with Gasteiger partial charge in [-0.25, -0.2) is 8.42 Å². The number of hydrogen-bond acceptors (Lipinski definition) is 4. The zero-order valence-corrected chi connectivity index (χ0v) is 16.2. The number of sulfonamides is 1. The van der Waals surface area contributed by atoms with E-state index in [9.17, 15) is 26.4 Å². The maximum atomic E-state index is 13.1. The van der Waals surface area contributed by atoms with Crippen molar-refractivity contribution in [1.82, 2.24) is 5.32 Å². The summed E-state index contributed by atoms with van der Waals surface area (Å²) >= 11 is 0. The van der Waals surface area contributed by atoms with Crippen LogP contribution in [0.25, 0.3) is 0 Å². The van der Waals surface area contributed by atoms with Gasteiger partial charge in [-0.3, -0.25) is 9.52 Å². The van der Waals surface area contributed by atoms with E-state index in [-0.39, 0.29) is 11.3 Å². The Bertz CT molecular complexity index is 870. The highest BCUT2D eigenvalue weighted by Crippen LogP contribution is 2.36. The van der Waals surface area contributed by atoms with Crippen molar-refractivity contribution in [2.45, 2.75) is 56.7 Å². The second-order valence-corrected chi connectivity index (χ2v) is 8.83. The molecule has 28 heavy (non-hydrogen) atoms. The normalized spacial score (nSPS) is 16.4. The van der Waals surface area contributed by atoms with Crippen LogP contribution in [0.5, 0.6) is 0 Å². The van der Waals surface area contributed by atoms with E-state index in [1.54, 1.807) is 0 Å². The van der Waals surface area contributed by atoms with Crippen LogP contribution in [0.4, 0.5) is 18.9 Å². The third kappa shape index (κ3) is 5.86. The van der Waals surface area contributed by atoms with Crippen LogP contribution >= 0.6 is 0 Å². The Labute approximate surface area is 162 Å². The summed E-state index contributed by atoms with van der Waals surface area (Å²) in [4.78, 5) is 12.8. The van der Waals surface area contributed by atoms with Gasteiger partial charge < -0.3 is 5.32 Å². The Morgan fingerprint density at radius 2 is 1.93 bits per heavy atom. The molecule has 0 aromatic heterocycles. The van der Waals surface area contributed by atoms with Gasteiger partial charge in [-0.05, 0) is 43.9 Å². The molecule has 1 aliphatic rings. The highest BCUT2D eigenvalue weighted by Gasteiger charge is 2.37. The molecule has 1 aromatic carbocycles. The molecule has 0 aliphatic heterocycles. The molecule has 1 saturated carbocycles. The Morgan fingerprint density at radius 3 is 2.46 bits per heavy atom. The van der Waals surface area contributed by atoms with Gasteiger partial charge in [0, 0.05) is 12.0 Å². The first-order valence-corrected chi connectivity index (χ1v) is 10.7. The number of alkyl halides is 3. The molecule has 0 saturated heterocycles. The first kappa shape index (κ1) is 22.0. The van der Waals surface area contributed by atoms with Crippen molar-refractivity contribution in [2.24, 2.45) is 0 Å². The Balaban J connectivity index is 2.36. The van der Waals surface area contributed by atoms with Crippen molar-refractivity contribution in [1.29, 1.82) is 5.26 Å². The lowest BCUT2D eigenvalue weighted by Crippen LogP contribution is -2.46. The van der Waals surface area contributed by atoms with E-state index in [0.717, 1.165) is 31.2 Å². The number of carbonyl (C=O) groups is 1. The zero-order chi connectivity index (χ0) is 21.0. The molecule has 1 fully saturated rings. The average molecular weight is 417 g/mol. The molecule has 0 bridgehead atoms. The highest BCUT2D eigenvalue weighted by atomic mass is 32.2. The van der Waals surface area contributed by atoms with E-state index in [2.05, 4.69) is 10.0 Å².